The highest BCUT2D eigenvalue weighted by Crippen LogP contribution is 2.60. The Morgan fingerprint density at radius 3 is 1.95 bits per heavy atom. The number of anilines is 1. The van der Waals surface area contributed by atoms with E-state index in [1.807, 2.05) is 0 Å². The first-order chi connectivity index (χ1) is 20.9. The summed E-state index contributed by atoms with van der Waals surface area (Å²) in [5.74, 6) is 0.117. The maximum Gasteiger partial charge on any atom is 0.278 e. The van der Waals surface area contributed by atoms with Gasteiger partial charge in [-0.05, 0) is 12.6 Å². The summed E-state index contributed by atoms with van der Waals surface area (Å²) in [6, 6.07) is 0. The van der Waals surface area contributed by atoms with Gasteiger partial charge in [0.05, 0.1) is 32.2 Å². The molecule has 3 aliphatic rings. The zero-order valence-electron chi connectivity index (χ0n) is 22.4. The molecule has 4 aromatic heterocycles. The molecule has 3 aliphatic heterocycles. The van der Waals surface area contributed by atoms with Gasteiger partial charge in [0.2, 0.25) is 0 Å². The first-order valence-corrected chi connectivity index (χ1v) is 18.9. The molecule has 0 radical (unpaired) electrons. The number of nitrogens with one attached hydrogen (secondary N) is 1. The molecule has 0 saturated carbocycles. The van der Waals surface area contributed by atoms with Crippen LogP contribution in [0, 0.1) is 0 Å². The van der Waals surface area contributed by atoms with Crippen molar-refractivity contribution in [2.75, 3.05) is 18.9 Å². The molecule has 0 aliphatic carbocycles. The fraction of sp³-hybridized carbons (Fsp3) is 0.455. The zero-order chi connectivity index (χ0) is 31.0. The van der Waals surface area contributed by atoms with E-state index in [9.17, 15) is 4.79 Å². The predicted octanol–water partition coefficient (Wildman–Crippen LogP) is 2.08. The van der Waals surface area contributed by atoms with Crippen LogP contribution in [-0.2, 0) is 27.6 Å². The second-order valence-corrected chi connectivity index (χ2v) is 17.3. The lowest BCUT2D eigenvalue weighted by Gasteiger charge is -2.32. The van der Waals surface area contributed by atoms with Crippen molar-refractivity contribution in [1.29, 1.82) is 0 Å². The number of hydrogen-bond donors (Lipinski definition) is 4. The highest BCUT2D eigenvalue weighted by Gasteiger charge is 2.52. The number of fused-ring (bicyclic) bond motifs is 4. The molecule has 0 amide bonds. The molecule has 22 heteroatoms. The van der Waals surface area contributed by atoms with Gasteiger partial charge < -0.3 is 38.3 Å². The molecule has 1 unspecified atom stereocenters. The average Bonchev–Trinajstić information content (AvgIpc) is 3.73. The second-order valence-electron chi connectivity index (χ2n) is 10.2. The maximum atomic E-state index is 16.1. The number of nitrogen functional groups attached to an aromatic ring is 1. The third-order valence-electron chi connectivity index (χ3n) is 7.29. The van der Waals surface area contributed by atoms with Gasteiger partial charge >= 0.3 is 0 Å². The smallest absolute Gasteiger partial charge is 0.278 e. The van der Waals surface area contributed by atoms with Crippen molar-refractivity contribution < 1.29 is 36.3 Å². The average molecular weight is 692 g/mol. The molecule has 7 heterocycles. The van der Waals surface area contributed by atoms with Crippen molar-refractivity contribution in [2.24, 2.45) is 0 Å². The molecule has 0 spiro atoms. The molecule has 0 aromatic carbocycles. The molecule has 3 fully saturated rings. The first kappa shape index (κ1) is 30.3. The molecular formula is C22H25F2N9O7P2S2. The molecule has 0 bridgehead atoms. The Balaban J connectivity index is 1.17. The molecule has 3 N–H and O–H groups in total. The van der Waals surface area contributed by atoms with Crippen molar-refractivity contribution in [1.82, 2.24) is 39.0 Å². The number of halogens is 2. The first-order valence-electron chi connectivity index (χ1n) is 12.9. The van der Waals surface area contributed by atoms with Crippen LogP contribution < -0.4 is 11.3 Å². The van der Waals surface area contributed by atoms with Crippen LogP contribution in [0.15, 0.2) is 30.1 Å². The summed E-state index contributed by atoms with van der Waals surface area (Å²) >= 11 is 8.94. The standard InChI is InChI=1S/C22H25F2N9O7P2S2/c1-41(43)36-4-10-16(12(24)22(38-10)33-8-31-14-19(33)28-6-29-20(14)34)40-42(2,44)35-3-9-15(39-41)11(23)21(37-9)32-7-30-13-17(25)26-5-27-18(13)32/h5-12,15-16,21-22,43-44H,1-4H2,(H2,25,26,27)(H,28,29,34)/t9-,10+,11+,12+,15-,16+,21-,22?,41-,42-/m0/s1. The molecule has 4 aromatic rings. The Morgan fingerprint density at radius 2 is 1.39 bits per heavy atom. The molecule has 3 saturated heterocycles. The van der Waals surface area contributed by atoms with E-state index < -0.39 is 67.9 Å². The Bertz CT molecular complexity index is 1900. The fourth-order valence-electron chi connectivity index (χ4n) is 5.28. The maximum absolute atomic E-state index is 16.1. The van der Waals surface area contributed by atoms with Crippen LogP contribution in [0.3, 0.4) is 0 Å². The molecule has 44 heavy (non-hydrogen) atoms. The number of H-pyrrole nitrogens is 1. The third kappa shape index (κ3) is 5.30. The number of aromatic nitrogens is 8. The van der Waals surface area contributed by atoms with Gasteiger partial charge in [0, 0.05) is 0 Å². The molecule has 7 rings (SSSR count). The van der Waals surface area contributed by atoms with Gasteiger partial charge in [-0.2, -0.15) is 0 Å². The van der Waals surface area contributed by atoms with E-state index >= 15 is 8.78 Å². The number of ether oxygens (including phenoxy) is 2. The van der Waals surface area contributed by atoms with Crippen LogP contribution in [0.5, 0.6) is 0 Å². The Labute approximate surface area is 257 Å². The lowest BCUT2D eigenvalue weighted by Crippen LogP contribution is -2.36. The van der Waals surface area contributed by atoms with Crippen LogP contribution in [-0.4, -0.2) is 102 Å². The Kier molecular flexibility index (Phi) is 7.67. The van der Waals surface area contributed by atoms with Gasteiger partial charge in [0.25, 0.3) is 5.56 Å². The molecule has 10 atom stereocenters. The highest BCUT2D eigenvalue weighted by atomic mass is 32.7. The normalized spacial score (nSPS) is 38.3. The Morgan fingerprint density at radius 1 is 0.864 bits per heavy atom. The third-order valence-corrected chi connectivity index (χ3v) is 10.8. The number of nitrogens with two attached hydrogens (primary N) is 1. The van der Waals surface area contributed by atoms with Gasteiger partial charge in [-0.15, -0.1) is 0 Å². The van der Waals surface area contributed by atoms with Gasteiger partial charge in [-0.25, -0.2) is 33.7 Å². The summed E-state index contributed by atoms with van der Waals surface area (Å²) < 4.78 is 70.7. The van der Waals surface area contributed by atoms with Crippen LogP contribution in [0.4, 0.5) is 14.6 Å². The quantitative estimate of drug-likeness (QED) is 0.177. The van der Waals surface area contributed by atoms with E-state index in [2.05, 4.69) is 67.0 Å². The largest absolute Gasteiger partial charge is 0.382 e. The Hall–Kier alpha value is -2.38. The van der Waals surface area contributed by atoms with E-state index in [0.717, 1.165) is 0 Å². The summed E-state index contributed by atoms with van der Waals surface area (Å²) in [5, 5.41) is 0. The number of imidazole rings is 2. The number of alkyl halides is 2. The van der Waals surface area contributed by atoms with Crippen molar-refractivity contribution in [3.05, 3.63) is 35.7 Å². The monoisotopic (exact) mass is 691 g/mol. The van der Waals surface area contributed by atoms with E-state index in [1.54, 1.807) is 0 Å². The number of rotatable bonds is 2. The summed E-state index contributed by atoms with van der Waals surface area (Å²) in [4.78, 5) is 34.9. The summed E-state index contributed by atoms with van der Waals surface area (Å²) in [5.41, 5.74) is 6.00. The molecule has 236 valence electrons. The minimum absolute atomic E-state index is 0.000389. The fourth-order valence-corrected chi connectivity index (χ4v) is 8.48. The number of thiol groups is 2. The van der Waals surface area contributed by atoms with Crippen LogP contribution >= 0.6 is 37.6 Å². The number of aromatic amines is 1. The summed E-state index contributed by atoms with van der Waals surface area (Å²) in [7, 11) is 0. The van der Waals surface area contributed by atoms with E-state index in [-0.39, 0.29) is 41.4 Å². The second kappa shape index (κ2) is 11.2. The summed E-state index contributed by atoms with van der Waals surface area (Å²) in [6.45, 7) is -7.32. The minimum atomic E-state index is -3.35. The topological polar surface area (TPSA) is 189 Å². The van der Waals surface area contributed by atoms with E-state index in [0.29, 0.717) is 0 Å². The lowest BCUT2D eigenvalue weighted by atomic mass is 10.1. The lowest BCUT2D eigenvalue weighted by molar-refractivity contribution is -0.0502. The van der Waals surface area contributed by atoms with Crippen molar-refractivity contribution in [2.45, 2.75) is 49.2 Å². The number of hydrogen-bond acceptors (Lipinski definition) is 15. The van der Waals surface area contributed by atoms with Crippen LogP contribution in [0.2, 0.25) is 0 Å². The van der Waals surface area contributed by atoms with Crippen molar-refractivity contribution in [3.63, 3.8) is 0 Å². The van der Waals surface area contributed by atoms with E-state index in [4.69, 9.17) is 33.3 Å². The van der Waals surface area contributed by atoms with Crippen molar-refractivity contribution >= 4 is 78.3 Å². The van der Waals surface area contributed by atoms with Gasteiger partial charge in [0.1, 0.15) is 36.3 Å². The van der Waals surface area contributed by atoms with Gasteiger partial charge in [0.15, 0.2) is 60.5 Å². The molecule has 16 nitrogen and oxygen atoms in total. The van der Waals surface area contributed by atoms with Crippen molar-refractivity contribution in [3.8, 4) is 0 Å². The van der Waals surface area contributed by atoms with Gasteiger partial charge in [-0.3, -0.25) is 13.9 Å². The minimum Gasteiger partial charge on any atom is -0.382 e. The number of nitrogens with zero attached hydrogens (tertiary/aromatic N) is 7. The van der Waals surface area contributed by atoms with Gasteiger partial charge in [-0.1, -0.05) is 24.5 Å². The zero-order valence-corrected chi connectivity index (χ0v) is 25.9. The van der Waals surface area contributed by atoms with E-state index in [1.165, 1.54) is 34.4 Å². The highest BCUT2D eigenvalue weighted by molar-refractivity contribution is 8.48. The van der Waals surface area contributed by atoms with Crippen LogP contribution in [0.25, 0.3) is 22.3 Å². The van der Waals surface area contributed by atoms with Crippen LogP contribution in [0.1, 0.15) is 12.5 Å². The molecular weight excluding hydrogens is 666 g/mol. The predicted molar refractivity (Wildman–Crippen MR) is 163 cm³/mol. The summed E-state index contributed by atoms with van der Waals surface area (Å²) in [6.07, 6.45) is 1.89. The SMILES string of the molecule is C=[P@]1(S)OC[C@H]2OC(n3cnc4c(=O)[nH]cnc43)[C@H](F)[C@@H]2O[P@@](=C)(S)OC[C@@H]2O[C@H](n3cnc4c(N)ncnc43)[C@H](F)[C@H]2O1.